The predicted molar refractivity (Wildman–Crippen MR) is 127 cm³/mol. The van der Waals surface area contributed by atoms with Gasteiger partial charge in [0.1, 0.15) is 0 Å². The quantitative estimate of drug-likeness (QED) is 0.352. The SMILES string of the molecule is C[C@H](C(=O)NC1(c2ccccc2)CCC(c2cccnc2)CC1)c1cc(C(F)(F)F)cc(C(F)(F)F)c1. The van der Waals surface area contributed by atoms with Crippen LogP contribution in [0.2, 0.25) is 0 Å². The van der Waals surface area contributed by atoms with Gasteiger partial charge in [0.25, 0.3) is 0 Å². The molecule has 0 bridgehead atoms. The van der Waals surface area contributed by atoms with Gasteiger partial charge in [-0.1, -0.05) is 36.4 Å². The molecule has 1 N–H and O–H groups in total. The Bertz CT molecular complexity index is 1180. The Kier molecular flexibility index (Phi) is 7.35. The van der Waals surface area contributed by atoms with Crippen molar-refractivity contribution in [3.63, 3.8) is 0 Å². The van der Waals surface area contributed by atoms with Gasteiger partial charge in [-0.25, -0.2) is 0 Å². The molecular weight excluding hydrogens is 494 g/mol. The van der Waals surface area contributed by atoms with E-state index in [9.17, 15) is 31.1 Å². The van der Waals surface area contributed by atoms with Crippen LogP contribution in [-0.4, -0.2) is 10.9 Å². The first kappa shape index (κ1) is 26.7. The zero-order chi connectivity index (χ0) is 26.8. The number of nitrogens with one attached hydrogen (secondary N) is 1. The molecule has 4 rings (SSSR count). The van der Waals surface area contributed by atoms with Crippen LogP contribution in [0.15, 0.2) is 73.1 Å². The summed E-state index contributed by atoms with van der Waals surface area (Å²) in [6, 6.07) is 14.4. The number of benzene rings is 2. The number of hydrogen-bond donors (Lipinski definition) is 1. The summed E-state index contributed by atoms with van der Waals surface area (Å²) < 4.78 is 80.2. The summed E-state index contributed by atoms with van der Waals surface area (Å²) in [5.74, 6) is -1.63. The second-order valence-electron chi connectivity index (χ2n) is 9.56. The second-order valence-corrected chi connectivity index (χ2v) is 9.56. The van der Waals surface area contributed by atoms with E-state index >= 15 is 0 Å². The number of carbonyl (C=O) groups excluding carboxylic acids is 1. The number of amides is 1. The molecule has 9 heteroatoms. The van der Waals surface area contributed by atoms with Crippen molar-refractivity contribution >= 4 is 5.91 Å². The molecule has 3 aromatic rings. The number of carbonyl (C=O) groups is 1. The first-order valence-electron chi connectivity index (χ1n) is 12.0. The summed E-state index contributed by atoms with van der Waals surface area (Å²) >= 11 is 0. The predicted octanol–water partition coefficient (Wildman–Crippen LogP) is 7.59. The number of aromatic nitrogens is 1. The highest BCUT2D eigenvalue weighted by molar-refractivity contribution is 5.84. The molecule has 0 radical (unpaired) electrons. The Morgan fingerprint density at radius 2 is 1.51 bits per heavy atom. The minimum absolute atomic E-state index is 0.0687. The Hall–Kier alpha value is -3.36. The van der Waals surface area contributed by atoms with Crippen molar-refractivity contribution in [1.82, 2.24) is 10.3 Å². The molecule has 37 heavy (non-hydrogen) atoms. The van der Waals surface area contributed by atoms with Gasteiger partial charge in [0, 0.05) is 12.4 Å². The normalized spacial score (nSPS) is 21.3. The van der Waals surface area contributed by atoms with E-state index in [0.29, 0.717) is 25.0 Å². The van der Waals surface area contributed by atoms with Gasteiger partial charge >= 0.3 is 12.4 Å². The molecule has 1 atom stereocenters. The Balaban J connectivity index is 1.63. The third kappa shape index (κ3) is 5.97. The summed E-state index contributed by atoms with van der Waals surface area (Å²) in [5, 5.41) is 3.02. The molecule has 3 nitrogen and oxygen atoms in total. The Labute approximate surface area is 210 Å². The lowest BCUT2D eigenvalue weighted by molar-refractivity contribution is -0.143. The molecule has 1 amide bonds. The lowest BCUT2D eigenvalue weighted by Crippen LogP contribution is -2.49. The van der Waals surface area contributed by atoms with Crippen molar-refractivity contribution < 1.29 is 31.1 Å². The van der Waals surface area contributed by atoms with Gasteiger partial charge in [-0.15, -0.1) is 0 Å². The first-order valence-corrected chi connectivity index (χ1v) is 12.0. The van der Waals surface area contributed by atoms with Crippen LogP contribution in [0, 0.1) is 0 Å². The van der Waals surface area contributed by atoms with Crippen LogP contribution in [0.3, 0.4) is 0 Å². The number of pyridine rings is 1. The number of alkyl halides is 6. The minimum Gasteiger partial charge on any atom is -0.346 e. The van der Waals surface area contributed by atoms with Gasteiger partial charge < -0.3 is 5.32 Å². The van der Waals surface area contributed by atoms with Crippen molar-refractivity contribution in [3.8, 4) is 0 Å². The number of nitrogens with zero attached hydrogens (tertiary/aromatic N) is 1. The van der Waals surface area contributed by atoms with Gasteiger partial charge in [-0.3, -0.25) is 9.78 Å². The maximum atomic E-state index is 13.4. The molecule has 2 aromatic carbocycles. The average molecular weight is 521 g/mol. The van der Waals surface area contributed by atoms with Crippen molar-refractivity contribution in [1.29, 1.82) is 0 Å². The van der Waals surface area contributed by atoms with E-state index in [1.807, 2.05) is 48.7 Å². The van der Waals surface area contributed by atoms with Gasteiger partial charge in [-0.05, 0) is 79.5 Å². The van der Waals surface area contributed by atoms with E-state index in [0.717, 1.165) is 24.0 Å². The second kappa shape index (κ2) is 10.2. The van der Waals surface area contributed by atoms with Gasteiger partial charge in [0.15, 0.2) is 0 Å². The van der Waals surface area contributed by atoms with E-state index in [4.69, 9.17) is 0 Å². The van der Waals surface area contributed by atoms with Crippen molar-refractivity contribution in [3.05, 3.63) is 101 Å². The Morgan fingerprint density at radius 1 is 0.919 bits per heavy atom. The highest BCUT2D eigenvalue weighted by Gasteiger charge is 2.41. The highest BCUT2D eigenvalue weighted by Crippen LogP contribution is 2.44. The van der Waals surface area contributed by atoms with Crippen molar-refractivity contribution in [2.75, 3.05) is 0 Å². The minimum atomic E-state index is -4.98. The average Bonchev–Trinajstić information content (AvgIpc) is 2.88. The van der Waals surface area contributed by atoms with E-state index in [2.05, 4.69) is 10.3 Å². The fourth-order valence-corrected chi connectivity index (χ4v) is 5.03. The molecule has 1 fully saturated rings. The third-order valence-electron chi connectivity index (χ3n) is 7.19. The van der Waals surface area contributed by atoms with Crippen molar-refractivity contribution in [2.45, 2.75) is 62.3 Å². The number of halogens is 6. The fourth-order valence-electron chi connectivity index (χ4n) is 5.03. The largest absolute Gasteiger partial charge is 0.416 e. The molecule has 0 spiro atoms. The zero-order valence-corrected chi connectivity index (χ0v) is 20.0. The standard InChI is InChI=1S/C28H26F6N2O/c1-18(21-14-23(27(29,30)31)16-24(15-21)28(32,33)34)25(37)36-26(22-7-3-2-4-8-22)11-9-19(10-12-26)20-6-5-13-35-17-20/h2-8,13-19H,9-12H2,1H3,(H,36,37)/t18-,19?,26?/m0/s1. The molecule has 1 heterocycles. The van der Waals surface area contributed by atoms with Crippen LogP contribution in [0.5, 0.6) is 0 Å². The summed E-state index contributed by atoms with van der Waals surface area (Å²) in [6.45, 7) is 1.32. The lowest BCUT2D eigenvalue weighted by Gasteiger charge is -2.42. The zero-order valence-electron chi connectivity index (χ0n) is 20.0. The maximum absolute atomic E-state index is 13.4. The smallest absolute Gasteiger partial charge is 0.346 e. The van der Waals surface area contributed by atoms with Crippen LogP contribution in [-0.2, 0) is 22.7 Å². The Morgan fingerprint density at radius 3 is 2.03 bits per heavy atom. The first-order chi connectivity index (χ1) is 17.4. The van der Waals surface area contributed by atoms with Crippen LogP contribution >= 0.6 is 0 Å². The van der Waals surface area contributed by atoms with Crippen LogP contribution < -0.4 is 5.32 Å². The van der Waals surface area contributed by atoms with Crippen LogP contribution in [0.4, 0.5) is 26.3 Å². The summed E-state index contributed by atoms with van der Waals surface area (Å²) in [7, 11) is 0. The monoisotopic (exact) mass is 520 g/mol. The maximum Gasteiger partial charge on any atom is 0.416 e. The van der Waals surface area contributed by atoms with E-state index in [-0.39, 0.29) is 17.5 Å². The lowest BCUT2D eigenvalue weighted by atomic mass is 9.71. The molecule has 0 unspecified atom stereocenters. The van der Waals surface area contributed by atoms with Gasteiger partial charge in [0.2, 0.25) is 5.91 Å². The topological polar surface area (TPSA) is 42.0 Å². The molecule has 1 aliphatic rings. The molecule has 0 aliphatic heterocycles. The van der Waals surface area contributed by atoms with E-state index < -0.39 is 40.8 Å². The van der Waals surface area contributed by atoms with Crippen LogP contribution in [0.1, 0.15) is 72.3 Å². The highest BCUT2D eigenvalue weighted by atomic mass is 19.4. The summed E-state index contributed by atoms with van der Waals surface area (Å²) in [5.41, 5.74) is -2.07. The molecule has 1 saturated carbocycles. The molecule has 196 valence electrons. The van der Waals surface area contributed by atoms with Crippen LogP contribution in [0.25, 0.3) is 0 Å². The molecule has 0 saturated heterocycles. The number of rotatable bonds is 5. The molecule has 1 aliphatic carbocycles. The van der Waals surface area contributed by atoms with Gasteiger partial charge in [0.05, 0.1) is 22.6 Å². The molecule has 1 aromatic heterocycles. The number of hydrogen-bond acceptors (Lipinski definition) is 2. The van der Waals surface area contributed by atoms with E-state index in [1.54, 1.807) is 6.20 Å². The van der Waals surface area contributed by atoms with E-state index in [1.165, 1.54) is 6.92 Å². The fraction of sp³-hybridized carbons (Fsp3) is 0.357. The summed E-state index contributed by atoms with van der Waals surface area (Å²) in [6.07, 6.45) is -3.87. The molecular formula is C28H26F6N2O. The van der Waals surface area contributed by atoms with Crippen molar-refractivity contribution in [2.24, 2.45) is 0 Å². The van der Waals surface area contributed by atoms with Gasteiger partial charge in [-0.2, -0.15) is 26.3 Å². The third-order valence-corrected chi connectivity index (χ3v) is 7.19. The summed E-state index contributed by atoms with van der Waals surface area (Å²) in [4.78, 5) is 17.6.